The fourth-order valence-electron chi connectivity index (χ4n) is 1.06. The van der Waals surface area contributed by atoms with Crippen LogP contribution in [-0.2, 0) is 10.0 Å². The summed E-state index contributed by atoms with van der Waals surface area (Å²) in [6.45, 7) is 1.34. The second kappa shape index (κ2) is 5.09. The minimum atomic E-state index is -3.70. The molecule has 1 heterocycles. The Morgan fingerprint density at radius 2 is 2.25 bits per heavy atom. The lowest BCUT2D eigenvalue weighted by Crippen LogP contribution is -2.37. The maximum absolute atomic E-state index is 12.0. The lowest BCUT2D eigenvalue weighted by Gasteiger charge is -2.22. The molecule has 0 fully saturated rings. The fourth-order valence-corrected chi connectivity index (χ4v) is 2.82. The Kier molecular flexibility index (Phi) is 4.26. The Balaban J connectivity index is 3.17. The van der Waals surface area contributed by atoms with E-state index in [-0.39, 0.29) is 16.5 Å². The summed E-state index contributed by atoms with van der Waals surface area (Å²) in [4.78, 5) is 3.67. The third kappa shape index (κ3) is 2.52. The molecule has 0 spiro atoms. The van der Waals surface area contributed by atoms with Gasteiger partial charge in [-0.1, -0.05) is 11.6 Å². The largest absolute Gasteiger partial charge is 0.395 e. The average Bonchev–Trinajstić information content (AvgIpc) is 2.27. The molecule has 1 rings (SSSR count). The van der Waals surface area contributed by atoms with Crippen molar-refractivity contribution in [3.05, 3.63) is 23.5 Å². The summed E-state index contributed by atoms with van der Waals surface area (Å²) >= 11 is 5.79. The number of halogens is 1. The second-order valence-corrected chi connectivity index (χ2v) is 5.73. The number of hydrogen-bond donors (Lipinski definition) is 1. The Morgan fingerprint density at radius 3 is 2.75 bits per heavy atom. The Hall–Kier alpha value is -0.690. The van der Waals surface area contributed by atoms with E-state index in [4.69, 9.17) is 16.7 Å². The lowest BCUT2D eigenvalue weighted by molar-refractivity contribution is 0.214. The first kappa shape index (κ1) is 13.4. The minimum absolute atomic E-state index is 0.0560. The Morgan fingerprint density at radius 1 is 1.62 bits per heavy atom. The van der Waals surface area contributed by atoms with Crippen LogP contribution in [0.5, 0.6) is 0 Å². The summed E-state index contributed by atoms with van der Waals surface area (Å²) in [5.74, 6) is 0. The van der Waals surface area contributed by atoms with E-state index in [9.17, 15) is 8.42 Å². The smallest absolute Gasteiger partial charge is 0.246 e. The molecule has 7 heteroatoms. The van der Waals surface area contributed by atoms with Crippen molar-refractivity contribution >= 4 is 21.6 Å². The molecule has 16 heavy (non-hydrogen) atoms. The molecule has 0 aromatic carbocycles. The van der Waals surface area contributed by atoms with E-state index in [1.165, 1.54) is 25.5 Å². The summed E-state index contributed by atoms with van der Waals surface area (Å²) in [6.07, 6.45) is 2.61. The highest BCUT2D eigenvalue weighted by Gasteiger charge is 2.27. The van der Waals surface area contributed by atoms with Crippen LogP contribution in [0.1, 0.15) is 6.92 Å². The van der Waals surface area contributed by atoms with Crippen molar-refractivity contribution in [3.63, 3.8) is 0 Å². The van der Waals surface area contributed by atoms with Crippen molar-refractivity contribution in [3.8, 4) is 0 Å². The Bertz CT molecular complexity index is 464. The maximum atomic E-state index is 12.0. The monoisotopic (exact) mass is 264 g/mol. The molecule has 0 aliphatic heterocycles. The molecule has 1 unspecified atom stereocenters. The van der Waals surface area contributed by atoms with Crippen LogP contribution < -0.4 is 0 Å². The average molecular weight is 265 g/mol. The van der Waals surface area contributed by atoms with Crippen LogP contribution in [-0.4, -0.2) is 42.5 Å². The number of likely N-dealkylation sites (N-methyl/N-ethyl adjacent to an activating group) is 1. The van der Waals surface area contributed by atoms with Gasteiger partial charge in [0.1, 0.15) is 4.90 Å². The molecule has 0 radical (unpaired) electrons. The highest BCUT2D eigenvalue weighted by molar-refractivity contribution is 7.89. The zero-order chi connectivity index (χ0) is 12.3. The lowest BCUT2D eigenvalue weighted by atomic mass is 10.4. The molecule has 0 bridgehead atoms. The number of hydrogen-bond acceptors (Lipinski definition) is 4. The molecular weight excluding hydrogens is 252 g/mol. The topological polar surface area (TPSA) is 70.5 Å². The van der Waals surface area contributed by atoms with Crippen LogP contribution in [0, 0.1) is 0 Å². The van der Waals surface area contributed by atoms with E-state index in [1.54, 1.807) is 6.92 Å². The van der Waals surface area contributed by atoms with Crippen molar-refractivity contribution in [1.29, 1.82) is 0 Å². The molecule has 0 amide bonds. The van der Waals surface area contributed by atoms with Crippen molar-refractivity contribution in [2.75, 3.05) is 13.7 Å². The highest BCUT2D eigenvalue weighted by Crippen LogP contribution is 2.23. The summed E-state index contributed by atoms with van der Waals surface area (Å²) in [5.41, 5.74) is 0. The fraction of sp³-hybridized carbons (Fsp3) is 0.444. The van der Waals surface area contributed by atoms with Crippen LogP contribution in [0.2, 0.25) is 5.02 Å². The zero-order valence-electron chi connectivity index (χ0n) is 8.96. The number of aliphatic hydroxyl groups excluding tert-OH is 1. The van der Waals surface area contributed by atoms with Gasteiger partial charge in [-0.05, 0) is 13.0 Å². The van der Waals surface area contributed by atoms with E-state index < -0.39 is 16.1 Å². The first-order valence-corrected chi connectivity index (χ1v) is 6.41. The minimum Gasteiger partial charge on any atom is -0.395 e. The zero-order valence-corrected chi connectivity index (χ0v) is 10.5. The molecule has 1 N–H and O–H groups in total. The number of aliphatic hydroxyl groups is 1. The molecule has 0 aliphatic carbocycles. The van der Waals surface area contributed by atoms with Gasteiger partial charge < -0.3 is 5.11 Å². The van der Waals surface area contributed by atoms with Crippen molar-refractivity contribution in [2.24, 2.45) is 0 Å². The third-order valence-corrected chi connectivity index (χ3v) is 4.72. The van der Waals surface area contributed by atoms with Gasteiger partial charge in [0, 0.05) is 25.5 Å². The van der Waals surface area contributed by atoms with Crippen LogP contribution in [0.4, 0.5) is 0 Å². The van der Waals surface area contributed by atoms with Crippen LogP contribution in [0.3, 0.4) is 0 Å². The molecule has 0 saturated heterocycles. The molecule has 0 aliphatic rings. The van der Waals surface area contributed by atoms with E-state index >= 15 is 0 Å². The molecule has 5 nitrogen and oxygen atoms in total. The van der Waals surface area contributed by atoms with E-state index in [0.717, 1.165) is 4.31 Å². The number of nitrogens with zero attached hydrogens (tertiary/aromatic N) is 2. The molecule has 1 aromatic rings. The van der Waals surface area contributed by atoms with E-state index in [2.05, 4.69) is 4.98 Å². The van der Waals surface area contributed by atoms with Gasteiger partial charge in [-0.2, -0.15) is 4.31 Å². The van der Waals surface area contributed by atoms with E-state index in [0.29, 0.717) is 0 Å². The first-order chi connectivity index (χ1) is 7.41. The molecular formula is C9H13ClN2O3S. The summed E-state index contributed by atoms with van der Waals surface area (Å²) < 4.78 is 25.2. The van der Waals surface area contributed by atoms with Crippen molar-refractivity contribution in [2.45, 2.75) is 17.9 Å². The highest BCUT2D eigenvalue weighted by atomic mass is 35.5. The van der Waals surface area contributed by atoms with Crippen LogP contribution >= 0.6 is 11.6 Å². The van der Waals surface area contributed by atoms with Crippen LogP contribution in [0.25, 0.3) is 0 Å². The summed E-state index contributed by atoms with van der Waals surface area (Å²) in [5, 5.41) is 9.05. The number of pyridine rings is 1. The molecule has 0 saturated carbocycles. The predicted octanol–water partition coefficient (Wildman–Crippen LogP) is 0.736. The number of aromatic nitrogens is 1. The third-order valence-electron chi connectivity index (χ3n) is 2.28. The van der Waals surface area contributed by atoms with Gasteiger partial charge in [0.05, 0.1) is 11.6 Å². The quantitative estimate of drug-likeness (QED) is 0.871. The van der Waals surface area contributed by atoms with Gasteiger partial charge in [-0.15, -0.1) is 0 Å². The standard InChI is InChI=1S/C9H13ClN2O3S/c1-7(6-13)12(2)16(14,15)9-5-11-4-3-8(9)10/h3-5,7,13H,6H2,1-2H3. The van der Waals surface area contributed by atoms with Gasteiger partial charge in [-0.3, -0.25) is 4.98 Å². The predicted molar refractivity (Wildman–Crippen MR) is 60.7 cm³/mol. The molecule has 1 aromatic heterocycles. The summed E-state index contributed by atoms with van der Waals surface area (Å²) in [6, 6.07) is 0.896. The van der Waals surface area contributed by atoms with Crippen molar-refractivity contribution < 1.29 is 13.5 Å². The molecule has 1 atom stereocenters. The van der Waals surface area contributed by atoms with E-state index in [1.807, 2.05) is 0 Å². The maximum Gasteiger partial charge on any atom is 0.246 e. The van der Waals surface area contributed by atoms with Gasteiger partial charge in [0.15, 0.2) is 0 Å². The number of rotatable bonds is 4. The van der Waals surface area contributed by atoms with Gasteiger partial charge >= 0.3 is 0 Å². The first-order valence-electron chi connectivity index (χ1n) is 4.59. The van der Waals surface area contributed by atoms with Gasteiger partial charge in [-0.25, -0.2) is 8.42 Å². The normalized spacial score (nSPS) is 14.1. The second-order valence-electron chi connectivity index (χ2n) is 3.36. The Labute approximate surface area is 99.7 Å². The SMILES string of the molecule is CC(CO)N(C)S(=O)(=O)c1cnccc1Cl. The van der Waals surface area contributed by atoms with Gasteiger partial charge in [0.2, 0.25) is 10.0 Å². The number of sulfonamides is 1. The van der Waals surface area contributed by atoms with Crippen LogP contribution in [0.15, 0.2) is 23.4 Å². The van der Waals surface area contributed by atoms with Gasteiger partial charge in [0.25, 0.3) is 0 Å². The molecule has 90 valence electrons. The summed E-state index contributed by atoms with van der Waals surface area (Å²) in [7, 11) is -2.31. The van der Waals surface area contributed by atoms with Crippen molar-refractivity contribution in [1.82, 2.24) is 9.29 Å².